The van der Waals surface area contributed by atoms with Gasteiger partial charge < -0.3 is 14.7 Å². The lowest BCUT2D eigenvalue weighted by atomic mass is 10.1. The Bertz CT molecular complexity index is 471. The van der Waals surface area contributed by atoms with Crippen molar-refractivity contribution in [3.63, 3.8) is 0 Å². The summed E-state index contributed by atoms with van der Waals surface area (Å²) in [7, 11) is -1.74. The summed E-state index contributed by atoms with van der Waals surface area (Å²) in [6.45, 7) is 14.2. The Morgan fingerprint density at radius 2 is 1.59 bits per heavy atom. The molecule has 0 aliphatic rings. The third-order valence-electron chi connectivity index (χ3n) is 5.02. The van der Waals surface area contributed by atoms with Crippen LogP contribution in [0.15, 0.2) is 11.6 Å². The van der Waals surface area contributed by atoms with Gasteiger partial charge in [-0.2, -0.15) is 0 Å². The van der Waals surface area contributed by atoms with E-state index in [-0.39, 0.29) is 23.5 Å². The molecule has 0 aromatic carbocycles. The van der Waals surface area contributed by atoms with E-state index >= 15 is 0 Å². The number of hydrogen-bond donors (Lipinski definition) is 1. The van der Waals surface area contributed by atoms with Gasteiger partial charge in [-0.1, -0.05) is 57.6 Å². The molecule has 0 aliphatic carbocycles. The molecule has 0 fully saturated rings. The van der Waals surface area contributed by atoms with Crippen molar-refractivity contribution >= 4 is 13.8 Å². The van der Waals surface area contributed by atoms with E-state index in [4.69, 9.17) is 4.74 Å². The van der Waals surface area contributed by atoms with Crippen molar-refractivity contribution in [2.75, 3.05) is 32.4 Å². The number of allylic oxidation sites excluding steroid dienone is 1. The summed E-state index contributed by atoms with van der Waals surface area (Å²) in [5.74, 6) is -1.23. The Balaban J connectivity index is 4.42. The smallest absolute Gasteiger partial charge is 0.375 e. The Morgan fingerprint density at radius 3 is 2.07 bits per heavy atom. The molecule has 0 aromatic heterocycles. The molecule has 0 aromatic rings. The van der Waals surface area contributed by atoms with Crippen LogP contribution in [0, 0.1) is 5.92 Å². The van der Waals surface area contributed by atoms with E-state index in [1.54, 1.807) is 6.08 Å². The van der Waals surface area contributed by atoms with E-state index in [9.17, 15) is 14.5 Å². The largest absolute Gasteiger partial charge is 0.478 e. The van der Waals surface area contributed by atoms with Crippen LogP contribution in [-0.4, -0.2) is 54.2 Å². The van der Waals surface area contributed by atoms with Crippen LogP contribution in [0.2, 0.25) is 0 Å². The number of unbranched alkanes of at least 4 members (excludes halogenated alkanes) is 5. The van der Waals surface area contributed by atoms with E-state index in [0.717, 1.165) is 32.2 Å². The topological polar surface area (TPSA) is 66.8 Å². The van der Waals surface area contributed by atoms with Crippen LogP contribution in [0.25, 0.3) is 0 Å². The van der Waals surface area contributed by atoms with E-state index < -0.39 is 13.8 Å². The van der Waals surface area contributed by atoms with E-state index in [1.165, 1.54) is 38.8 Å². The molecule has 29 heavy (non-hydrogen) atoms. The van der Waals surface area contributed by atoms with E-state index in [0.29, 0.717) is 6.61 Å². The van der Waals surface area contributed by atoms with Crippen LogP contribution in [0.3, 0.4) is 0 Å². The molecule has 2 atom stereocenters. The highest BCUT2D eigenvalue weighted by molar-refractivity contribution is 7.45. The summed E-state index contributed by atoms with van der Waals surface area (Å²) >= 11 is 0. The van der Waals surface area contributed by atoms with Gasteiger partial charge in [-0.15, -0.1) is 0 Å². The summed E-state index contributed by atoms with van der Waals surface area (Å²) < 4.78 is 18.2. The minimum Gasteiger partial charge on any atom is -0.478 e. The summed E-state index contributed by atoms with van der Waals surface area (Å²) in [5.41, 5.74) is 0.268. The first-order valence-corrected chi connectivity index (χ1v) is 13.1. The molecular weight excluding hydrogens is 385 g/mol. The standard InChI is InChI=1S/C23H44NO4P/c1-6-9-16-24(17-10-7-2)18-14-12-11-13-15-21(22(25)26)19-29(27)23(20(4)5)28-8-3/h15,20,23H,6-14,16-19H2,1-5H3/p+1/b21-15+. The second kappa shape index (κ2) is 18.0. The van der Waals surface area contributed by atoms with Gasteiger partial charge in [-0.3, -0.25) is 0 Å². The number of rotatable bonds is 19. The molecule has 0 radical (unpaired) electrons. The monoisotopic (exact) mass is 430 g/mol. The van der Waals surface area contributed by atoms with Crippen LogP contribution >= 0.6 is 7.80 Å². The van der Waals surface area contributed by atoms with Gasteiger partial charge in [-0.25, -0.2) is 4.79 Å². The van der Waals surface area contributed by atoms with Gasteiger partial charge in [0.1, 0.15) is 0 Å². The molecule has 0 heterocycles. The fraction of sp³-hybridized carbons (Fsp3) is 0.870. The van der Waals surface area contributed by atoms with Gasteiger partial charge in [0.2, 0.25) is 0 Å². The highest BCUT2D eigenvalue weighted by atomic mass is 31.1. The summed E-state index contributed by atoms with van der Waals surface area (Å²) in [6.07, 6.45) is 10.8. The van der Waals surface area contributed by atoms with Crippen molar-refractivity contribution in [1.29, 1.82) is 0 Å². The second-order valence-corrected chi connectivity index (χ2v) is 9.76. The number of nitrogens with zero attached hydrogens (tertiary/aromatic N) is 1. The van der Waals surface area contributed by atoms with Crippen LogP contribution in [0.5, 0.6) is 0 Å². The maximum Gasteiger partial charge on any atom is 0.375 e. The molecule has 1 N–H and O–H groups in total. The highest BCUT2D eigenvalue weighted by Crippen LogP contribution is 2.36. The SMILES string of the molecule is CCCCN(CCCC)CCCCC/C=C(\C[P+](=O)C(OCC)C(C)C)C(=O)O. The Kier molecular flexibility index (Phi) is 17.6. The lowest BCUT2D eigenvalue weighted by Gasteiger charge is -2.21. The molecule has 170 valence electrons. The first-order chi connectivity index (χ1) is 13.9. The molecule has 0 saturated heterocycles. The summed E-state index contributed by atoms with van der Waals surface area (Å²) in [6, 6.07) is 0. The van der Waals surface area contributed by atoms with Crippen molar-refractivity contribution in [2.45, 2.75) is 91.8 Å². The first kappa shape index (κ1) is 28.2. The Labute approximate surface area is 180 Å². The van der Waals surface area contributed by atoms with Crippen LogP contribution < -0.4 is 0 Å². The number of ether oxygens (including phenoxy) is 1. The minimum absolute atomic E-state index is 0.0926. The normalized spacial score (nSPS) is 13.9. The first-order valence-electron chi connectivity index (χ1n) is 11.6. The van der Waals surface area contributed by atoms with Gasteiger partial charge in [0.05, 0.1) is 5.57 Å². The third kappa shape index (κ3) is 14.0. The van der Waals surface area contributed by atoms with Gasteiger partial charge >= 0.3 is 13.8 Å². The predicted octanol–water partition coefficient (Wildman–Crippen LogP) is 6.31. The average molecular weight is 431 g/mol. The average Bonchev–Trinajstić information content (AvgIpc) is 2.68. The van der Waals surface area contributed by atoms with Gasteiger partial charge in [0.25, 0.3) is 5.85 Å². The Morgan fingerprint density at radius 1 is 1.00 bits per heavy atom. The van der Waals surface area contributed by atoms with Crippen molar-refractivity contribution in [3.8, 4) is 0 Å². The minimum atomic E-state index is -1.74. The van der Waals surface area contributed by atoms with Crippen molar-refractivity contribution in [3.05, 3.63) is 11.6 Å². The van der Waals surface area contributed by atoms with E-state index in [1.807, 2.05) is 20.8 Å². The number of hydrogen-bond acceptors (Lipinski definition) is 4. The maximum atomic E-state index is 12.6. The van der Waals surface area contributed by atoms with Gasteiger partial charge in [0.15, 0.2) is 6.16 Å². The molecule has 0 spiro atoms. The van der Waals surface area contributed by atoms with Crippen molar-refractivity contribution in [1.82, 2.24) is 4.90 Å². The zero-order valence-electron chi connectivity index (χ0n) is 19.5. The number of carboxylic acids is 1. The van der Waals surface area contributed by atoms with Crippen LogP contribution in [-0.2, 0) is 14.1 Å². The third-order valence-corrected chi connectivity index (χ3v) is 6.98. The second-order valence-electron chi connectivity index (χ2n) is 8.10. The number of aliphatic carboxylic acids is 1. The fourth-order valence-electron chi connectivity index (χ4n) is 3.29. The molecular formula is C23H45NO4P+. The van der Waals surface area contributed by atoms with Crippen LogP contribution in [0.4, 0.5) is 0 Å². The number of carboxylic acid groups (broad SMARTS) is 1. The fourth-order valence-corrected chi connectivity index (χ4v) is 5.05. The van der Waals surface area contributed by atoms with Gasteiger partial charge in [0, 0.05) is 12.5 Å². The quantitative estimate of drug-likeness (QED) is 0.148. The maximum absolute atomic E-state index is 12.6. The van der Waals surface area contributed by atoms with Gasteiger partial charge in [-0.05, 0) is 58.7 Å². The zero-order valence-corrected chi connectivity index (χ0v) is 20.4. The summed E-state index contributed by atoms with van der Waals surface area (Å²) in [5, 5.41) is 9.47. The molecule has 0 aliphatic heterocycles. The molecule has 0 amide bonds. The lowest BCUT2D eigenvalue weighted by Crippen LogP contribution is -2.27. The molecule has 0 rings (SSSR count). The summed E-state index contributed by atoms with van der Waals surface area (Å²) in [4.78, 5) is 14.1. The molecule has 0 saturated carbocycles. The van der Waals surface area contributed by atoms with Crippen molar-refractivity contribution in [2.24, 2.45) is 5.92 Å². The molecule has 6 heteroatoms. The lowest BCUT2D eigenvalue weighted by molar-refractivity contribution is -0.132. The predicted molar refractivity (Wildman–Crippen MR) is 123 cm³/mol. The molecule has 2 unspecified atom stereocenters. The zero-order chi connectivity index (χ0) is 22.1. The van der Waals surface area contributed by atoms with Crippen molar-refractivity contribution < 1.29 is 19.2 Å². The highest BCUT2D eigenvalue weighted by Gasteiger charge is 2.35. The molecule has 5 nitrogen and oxygen atoms in total. The van der Waals surface area contributed by atoms with Crippen LogP contribution in [0.1, 0.15) is 86.0 Å². The molecule has 0 bridgehead atoms. The number of carbonyl (C=O) groups is 1. The Hall–Kier alpha value is -0.770. The van der Waals surface area contributed by atoms with E-state index in [2.05, 4.69) is 18.7 Å².